The predicted octanol–water partition coefficient (Wildman–Crippen LogP) is 4.11. The number of rotatable bonds is 1. The third kappa shape index (κ3) is 1.06. The van der Waals surface area contributed by atoms with Crippen LogP contribution in [0.25, 0.3) is 11.1 Å². The zero-order chi connectivity index (χ0) is 10.5. The third-order valence-electron chi connectivity index (χ3n) is 3.51. The Labute approximate surface area is 95.1 Å². The van der Waals surface area contributed by atoms with Crippen LogP contribution in [-0.4, -0.2) is 0 Å². The first-order valence-electron chi connectivity index (χ1n) is 5.87. The average molecular weight is 206 g/mol. The van der Waals surface area contributed by atoms with Gasteiger partial charge < -0.3 is 0 Å². The lowest BCUT2D eigenvalue weighted by molar-refractivity contribution is 1.09. The van der Waals surface area contributed by atoms with Crippen molar-refractivity contribution in [3.05, 3.63) is 48.0 Å². The van der Waals surface area contributed by atoms with Gasteiger partial charge >= 0.3 is 0 Å². The van der Waals surface area contributed by atoms with Crippen LogP contribution < -0.4 is 5.32 Å². The first-order valence-corrected chi connectivity index (χ1v) is 5.87. The highest BCUT2D eigenvalue weighted by Crippen LogP contribution is 2.51. The van der Waals surface area contributed by atoms with Crippen molar-refractivity contribution in [3.63, 3.8) is 0 Å². The van der Waals surface area contributed by atoms with E-state index in [4.69, 9.17) is 5.32 Å². The first kappa shape index (κ1) is 8.40. The second-order valence-corrected chi connectivity index (χ2v) is 4.65. The molecule has 2 aromatic carbocycles. The van der Waals surface area contributed by atoms with Crippen molar-refractivity contribution in [2.75, 3.05) is 0 Å². The molecule has 0 atom stereocenters. The molecular weight excluding hydrogens is 194 g/mol. The molecule has 0 unspecified atom stereocenters. The van der Waals surface area contributed by atoms with Gasteiger partial charge in [0.05, 0.1) is 11.4 Å². The highest BCUT2D eigenvalue weighted by atomic mass is 14.9. The Morgan fingerprint density at radius 2 is 1.69 bits per heavy atom. The lowest BCUT2D eigenvalue weighted by atomic mass is 10.0. The summed E-state index contributed by atoms with van der Waals surface area (Å²) in [5.74, 6) is 0.771. The molecule has 2 aliphatic rings. The number of hydrogen-bond donors (Lipinski definition) is 0. The Morgan fingerprint density at radius 1 is 0.875 bits per heavy atom. The van der Waals surface area contributed by atoms with E-state index in [2.05, 4.69) is 42.5 Å². The van der Waals surface area contributed by atoms with Gasteiger partial charge in [-0.1, -0.05) is 36.4 Å². The van der Waals surface area contributed by atoms with Crippen molar-refractivity contribution in [1.82, 2.24) is 5.32 Å². The van der Waals surface area contributed by atoms with Gasteiger partial charge in [-0.15, -0.1) is 0 Å². The predicted molar refractivity (Wildman–Crippen MR) is 65.3 cm³/mol. The molecule has 0 bridgehead atoms. The quantitative estimate of drug-likeness (QED) is 0.569. The fourth-order valence-corrected chi connectivity index (χ4v) is 2.55. The van der Waals surface area contributed by atoms with E-state index in [1.54, 1.807) is 0 Å². The summed E-state index contributed by atoms with van der Waals surface area (Å²) >= 11 is 0. The van der Waals surface area contributed by atoms with Crippen molar-refractivity contribution < 1.29 is 0 Å². The van der Waals surface area contributed by atoms with Crippen LogP contribution >= 0.6 is 0 Å². The van der Waals surface area contributed by atoms with Crippen molar-refractivity contribution in [2.45, 2.75) is 18.8 Å². The molecule has 1 nitrogen and oxygen atoms in total. The maximum absolute atomic E-state index is 4.78. The fourth-order valence-electron chi connectivity index (χ4n) is 2.55. The van der Waals surface area contributed by atoms with Crippen LogP contribution in [0, 0.1) is 0 Å². The minimum atomic E-state index is 0.771. The molecule has 0 spiro atoms. The largest absolute Gasteiger partial charge is 0.247 e. The van der Waals surface area contributed by atoms with Gasteiger partial charge in [-0.25, -0.2) is 5.32 Å². The molecule has 77 valence electrons. The van der Waals surface area contributed by atoms with Gasteiger partial charge in [0.2, 0.25) is 0 Å². The zero-order valence-corrected chi connectivity index (χ0v) is 8.98. The van der Waals surface area contributed by atoms with Crippen molar-refractivity contribution in [3.8, 4) is 11.1 Å². The molecule has 0 N–H and O–H groups in total. The maximum atomic E-state index is 4.78. The van der Waals surface area contributed by atoms with E-state index in [0.29, 0.717) is 0 Å². The molecule has 1 heterocycles. The summed E-state index contributed by atoms with van der Waals surface area (Å²) in [7, 11) is 0. The summed E-state index contributed by atoms with van der Waals surface area (Å²) in [5.41, 5.74) is 6.42. The highest BCUT2D eigenvalue weighted by Gasteiger charge is 2.30. The number of fused-ring (bicyclic) bond motifs is 3. The van der Waals surface area contributed by atoms with E-state index in [-0.39, 0.29) is 0 Å². The van der Waals surface area contributed by atoms with Crippen LogP contribution in [0.5, 0.6) is 0 Å². The number of nitrogens with zero attached hydrogens (tertiary/aromatic N) is 1. The summed E-state index contributed by atoms with van der Waals surface area (Å²) < 4.78 is 0. The minimum Gasteiger partial charge on any atom is -0.247 e. The van der Waals surface area contributed by atoms with Crippen molar-refractivity contribution in [1.29, 1.82) is 0 Å². The monoisotopic (exact) mass is 206 g/mol. The standard InChI is InChI=1S/C15H12N/c1-2-7-14-12(4-1)13-6-3-5-11(10-8-9-10)15(13)16-14/h1-7,10H,8-9H2. The third-order valence-corrected chi connectivity index (χ3v) is 3.51. The molecule has 1 heteroatoms. The Hall–Kier alpha value is -1.76. The van der Waals surface area contributed by atoms with Gasteiger partial charge in [0, 0.05) is 11.1 Å². The van der Waals surface area contributed by atoms with Crippen LogP contribution in [0.1, 0.15) is 24.3 Å². The zero-order valence-electron chi connectivity index (χ0n) is 8.98. The number of benzene rings is 2. The molecule has 1 aliphatic heterocycles. The van der Waals surface area contributed by atoms with Crippen molar-refractivity contribution >= 4 is 11.4 Å². The van der Waals surface area contributed by atoms with Gasteiger partial charge in [-0.3, -0.25) is 0 Å². The van der Waals surface area contributed by atoms with Gasteiger partial charge in [-0.05, 0) is 30.4 Å². The molecule has 4 rings (SSSR count). The fraction of sp³-hybridized carbons (Fsp3) is 0.200. The smallest absolute Gasteiger partial charge is 0.0751 e. The Balaban J connectivity index is 1.96. The van der Waals surface area contributed by atoms with E-state index in [0.717, 1.165) is 11.6 Å². The SMILES string of the molecule is c1ccc2c(c1)[N]c1c-2cccc1C1CC1. The van der Waals surface area contributed by atoms with E-state index in [1.165, 1.54) is 35.2 Å². The second-order valence-electron chi connectivity index (χ2n) is 4.65. The van der Waals surface area contributed by atoms with Crippen LogP contribution in [0.15, 0.2) is 42.5 Å². The van der Waals surface area contributed by atoms with Crippen LogP contribution in [0.3, 0.4) is 0 Å². The number of hydrogen-bond acceptors (Lipinski definition) is 0. The Bertz CT molecular complexity index is 567. The molecule has 0 aromatic heterocycles. The lowest BCUT2D eigenvalue weighted by Crippen LogP contribution is -1.88. The number of para-hydroxylation sites is 2. The molecule has 1 radical (unpaired) electrons. The van der Waals surface area contributed by atoms with Crippen molar-refractivity contribution in [2.24, 2.45) is 0 Å². The molecule has 1 aliphatic carbocycles. The molecule has 1 fully saturated rings. The summed E-state index contributed by atoms with van der Waals surface area (Å²) in [6, 6.07) is 15.0. The molecule has 1 saturated carbocycles. The van der Waals surface area contributed by atoms with E-state index < -0.39 is 0 Å². The van der Waals surface area contributed by atoms with Crippen LogP contribution in [0.2, 0.25) is 0 Å². The first-order chi connectivity index (χ1) is 7.93. The van der Waals surface area contributed by atoms with Gasteiger partial charge in [0.15, 0.2) is 0 Å². The van der Waals surface area contributed by atoms with Crippen LogP contribution in [0.4, 0.5) is 11.4 Å². The van der Waals surface area contributed by atoms with Gasteiger partial charge in [0.25, 0.3) is 0 Å². The summed E-state index contributed by atoms with van der Waals surface area (Å²) in [6.45, 7) is 0. The molecule has 0 amide bonds. The Kier molecular flexibility index (Phi) is 1.51. The normalized spacial score (nSPS) is 16.5. The van der Waals surface area contributed by atoms with Gasteiger partial charge in [-0.2, -0.15) is 0 Å². The highest BCUT2D eigenvalue weighted by molar-refractivity contribution is 5.92. The summed E-state index contributed by atoms with van der Waals surface area (Å²) in [6.07, 6.45) is 2.67. The lowest BCUT2D eigenvalue weighted by Gasteiger charge is -2.05. The molecule has 2 aromatic rings. The second kappa shape index (κ2) is 2.88. The average Bonchev–Trinajstić information content (AvgIpc) is 3.09. The molecule has 16 heavy (non-hydrogen) atoms. The topological polar surface area (TPSA) is 14.1 Å². The van der Waals surface area contributed by atoms with Crippen LogP contribution in [-0.2, 0) is 0 Å². The van der Waals surface area contributed by atoms with Gasteiger partial charge in [0.1, 0.15) is 0 Å². The Morgan fingerprint density at radius 3 is 2.56 bits per heavy atom. The molecule has 0 saturated heterocycles. The summed E-state index contributed by atoms with van der Waals surface area (Å²) in [4.78, 5) is 0. The van der Waals surface area contributed by atoms with E-state index in [1.807, 2.05) is 0 Å². The summed E-state index contributed by atoms with van der Waals surface area (Å²) in [5, 5.41) is 4.78. The maximum Gasteiger partial charge on any atom is 0.0751 e. The molecular formula is C15H12N. The van der Waals surface area contributed by atoms with E-state index in [9.17, 15) is 0 Å². The van der Waals surface area contributed by atoms with E-state index >= 15 is 0 Å². The minimum absolute atomic E-state index is 0.771.